The smallest absolute Gasteiger partial charge is 0.222 e. The lowest BCUT2D eigenvalue weighted by Crippen LogP contribution is -2.44. The number of ether oxygens (including phenoxy) is 1. The van der Waals surface area contributed by atoms with Crippen molar-refractivity contribution < 1.29 is 9.53 Å². The van der Waals surface area contributed by atoms with Crippen molar-refractivity contribution in [2.45, 2.75) is 25.0 Å². The first kappa shape index (κ1) is 15.0. The molecule has 1 unspecified atom stereocenters. The quantitative estimate of drug-likeness (QED) is 0.665. The van der Waals surface area contributed by atoms with Crippen LogP contribution in [-0.4, -0.2) is 38.3 Å². The minimum absolute atomic E-state index is 0.0214. The van der Waals surface area contributed by atoms with Gasteiger partial charge in [0.05, 0.1) is 25.2 Å². The highest BCUT2D eigenvalue weighted by Gasteiger charge is 2.28. The van der Waals surface area contributed by atoms with Crippen LogP contribution in [0.2, 0.25) is 0 Å². The number of rotatable bonds is 6. The number of hydrogen-bond acceptors (Lipinski definition) is 4. The molecular weight excluding hydrogens is 254 g/mol. The van der Waals surface area contributed by atoms with Gasteiger partial charge in [-0.1, -0.05) is 30.3 Å². The van der Waals surface area contributed by atoms with Gasteiger partial charge in [-0.05, 0) is 18.5 Å². The Bertz CT molecular complexity index is 411. The maximum absolute atomic E-state index is 11.9. The Labute approximate surface area is 119 Å². The number of nitrogens with two attached hydrogens (primary N) is 1. The van der Waals surface area contributed by atoms with Gasteiger partial charge in [-0.3, -0.25) is 4.79 Å². The summed E-state index contributed by atoms with van der Waals surface area (Å²) >= 11 is 0. The Hall–Kier alpha value is -1.43. The molecule has 1 heterocycles. The molecule has 2 rings (SSSR count). The number of carbonyl (C=O) groups is 1. The monoisotopic (exact) mass is 277 g/mol. The second-order valence-corrected chi connectivity index (χ2v) is 4.95. The predicted octanol–water partition coefficient (Wildman–Crippen LogP) is 0.571. The second kappa shape index (κ2) is 7.99. The Morgan fingerprint density at radius 1 is 1.40 bits per heavy atom. The van der Waals surface area contributed by atoms with Gasteiger partial charge in [0.1, 0.15) is 0 Å². The summed E-state index contributed by atoms with van der Waals surface area (Å²) in [5.41, 5.74) is 6.57. The molecule has 0 aromatic heterocycles. The molecule has 0 bridgehead atoms. The average molecular weight is 277 g/mol. The van der Waals surface area contributed by atoms with E-state index in [1.165, 1.54) is 0 Å². The molecule has 4 N–H and O–H groups in total. The van der Waals surface area contributed by atoms with E-state index in [1.807, 2.05) is 18.2 Å². The molecule has 0 aliphatic carbocycles. The maximum Gasteiger partial charge on any atom is 0.222 e. The first-order valence-electron chi connectivity index (χ1n) is 7.18. The molecule has 1 saturated heterocycles. The highest BCUT2D eigenvalue weighted by Crippen LogP contribution is 2.23. The van der Waals surface area contributed by atoms with Crippen molar-refractivity contribution >= 4 is 5.91 Å². The predicted molar refractivity (Wildman–Crippen MR) is 78.2 cm³/mol. The highest BCUT2D eigenvalue weighted by atomic mass is 16.5. The summed E-state index contributed by atoms with van der Waals surface area (Å²) in [5, 5.41) is 6.31. The van der Waals surface area contributed by atoms with E-state index in [1.54, 1.807) is 0 Å². The molecule has 5 heteroatoms. The summed E-state index contributed by atoms with van der Waals surface area (Å²) in [6, 6.07) is 10.2. The van der Waals surface area contributed by atoms with Gasteiger partial charge in [-0.25, -0.2) is 0 Å². The molecule has 0 radical (unpaired) electrons. The standard InChI is InChI=1S/C15H23N3O2/c16-7-4-8-17-14(19)11-13-15(18-9-10-20-13)12-5-2-1-3-6-12/h1-3,5-6,13,15,18H,4,7-11,16H2,(H,17,19)/t13?,15-/m0/s1. The molecular formula is C15H23N3O2. The lowest BCUT2D eigenvalue weighted by Gasteiger charge is -2.32. The number of benzene rings is 1. The second-order valence-electron chi connectivity index (χ2n) is 4.95. The lowest BCUT2D eigenvalue weighted by atomic mass is 9.97. The van der Waals surface area contributed by atoms with E-state index in [4.69, 9.17) is 10.5 Å². The molecule has 1 aromatic carbocycles. The first-order valence-corrected chi connectivity index (χ1v) is 7.18. The number of amides is 1. The molecule has 1 amide bonds. The fourth-order valence-electron chi connectivity index (χ4n) is 2.41. The van der Waals surface area contributed by atoms with E-state index in [-0.39, 0.29) is 18.1 Å². The van der Waals surface area contributed by atoms with Crippen LogP contribution in [0.5, 0.6) is 0 Å². The van der Waals surface area contributed by atoms with Crippen LogP contribution in [0, 0.1) is 0 Å². The van der Waals surface area contributed by atoms with Crippen LogP contribution in [0.15, 0.2) is 30.3 Å². The van der Waals surface area contributed by atoms with Crippen LogP contribution in [-0.2, 0) is 9.53 Å². The van der Waals surface area contributed by atoms with E-state index < -0.39 is 0 Å². The highest BCUT2D eigenvalue weighted by molar-refractivity contribution is 5.76. The Morgan fingerprint density at radius 3 is 2.95 bits per heavy atom. The molecule has 1 aliphatic heterocycles. The van der Waals surface area contributed by atoms with Gasteiger partial charge in [-0.2, -0.15) is 0 Å². The third-order valence-corrected chi connectivity index (χ3v) is 3.42. The van der Waals surface area contributed by atoms with Crippen molar-refractivity contribution in [2.75, 3.05) is 26.2 Å². The van der Waals surface area contributed by atoms with E-state index >= 15 is 0 Å². The van der Waals surface area contributed by atoms with Crippen LogP contribution in [0.4, 0.5) is 0 Å². The first-order chi connectivity index (χ1) is 9.81. The van der Waals surface area contributed by atoms with Crippen LogP contribution in [0.25, 0.3) is 0 Å². The molecule has 0 saturated carbocycles. The zero-order valence-electron chi connectivity index (χ0n) is 11.7. The van der Waals surface area contributed by atoms with E-state index in [0.717, 1.165) is 18.5 Å². The van der Waals surface area contributed by atoms with Gasteiger partial charge in [-0.15, -0.1) is 0 Å². The van der Waals surface area contributed by atoms with Crippen molar-refractivity contribution in [2.24, 2.45) is 5.73 Å². The third kappa shape index (κ3) is 4.30. The Morgan fingerprint density at radius 2 is 2.20 bits per heavy atom. The van der Waals surface area contributed by atoms with Crippen LogP contribution in [0.1, 0.15) is 24.4 Å². The maximum atomic E-state index is 11.9. The fourth-order valence-corrected chi connectivity index (χ4v) is 2.41. The topological polar surface area (TPSA) is 76.4 Å². The number of nitrogens with one attached hydrogen (secondary N) is 2. The zero-order valence-corrected chi connectivity index (χ0v) is 11.7. The number of carbonyl (C=O) groups excluding carboxylic acids is 1. The molecule has 5 nitrogen and oxygen atoms in total. The van der Waals surface area contributed by atoms with Crippen LogP contribution >= 0.6 is 0 Å². The summed E-state index contributed by atoms with van der Waals surface area (Å²) in [4.78, 5) is 11.9. The minimum atomic E-state index is -0.121. The van der Waals surface area contributed by atoms with Gasteiger partial charge in [0.2, 0.25) is 5.91 Å². The van der Waals surface area contributed by atoms with E-state index in [0.29, 0.717) is 26.1 Å². The van der Waals surface area contributed by atoms with Crippen LogP contribution in [0.3, 0.4) is 0 Å². The Balaban J connectivity index is 1.92. The van der Waals surface area contributed by atoms with Gasteiger partial charge in [0.15, 0.2) is 0 Å². The average Bonchev–Trinajstić information content (AvgIpc) is 2.49. The molecule has 0 spiro atoms. The molecule has 1 fully saturated rings. The third-order valence-electron chi connectivity index (χ3n) is 3.42. The van der Waals surface area contributed by atoms with Gasteiger partial charge >= 0.3 is 0 Å². The summed E-state index contributed by atoms with van der Waals surface area (Å²) in [6.07, 6.45) is 1.05. The van der Waals surface area contributed by atoms with Crippen molar-refractivity contribution in [3.05, 3.63) is 35.9 Å². The van der Waals surface area contributed by atoms with Crippen LogP contribution < -0.4 is 16.4 Å². The van der Waals surface area contributed by atoms with Crippen molar-refractivity contribution in [3.63, 3.8) is 0 Å². The Kier molecular flexibility index (Phi) is 5.98. The molecule has 20 heavy (non-hydrogen) atoms. The fraction of sp³-hybridized carbons (Fsp3) is 0.533. The van der Waals surface area contributed by atoms with Gasteiger partial charge in [0.25, 0.3) is 0 Å². The summed E-state index contributed by atoms with van der Waals surface area (Å²) in [7, 11) is 0. The van der Waals surface area contributed by atoms with Crippen molar-refractivity contribution in [3.8, 4) is 0 Å². The lowest BCUT2D eigenvalue weighted by molar-refractivity contribution is -0.125. The largest absolute Gasteiger partial charge is 0.374 e. The molecule has 1 aromatic rings. The zero-order chi connectivity index (χ0) is 14.2. The SMILES string of the molecule is NCCCNC(=O)CC1OCCN[C@H]1c1ccccc1. The molecule has 1 aliphatic rings. The summed E-state index contributed by atoms with van der Waals surface area (Å²) in [6.45, 7) is 2.68. The summed E-state index contributed by atoms with van der Waals surface area (Å²) < 4.78 is 5.77. The number of morpholine rings is 1. The molecule has 110 valence electrons. The normalized spacial score (nSPS) is 22.4. The van der Waals surface area contributed by atoms with Crippen molar-refractivity contribution in [1.29, 1.82) is 0 Å². The van der Waals surface area contributed by atoms with E-state index in [2.05, 4.69) is 22.8 Å². The summed E-state index contributed by atoms with van der Waals surface area (Å²) in [5.74, 6) is 0.0214. The minimum Gasteiger partial charge on any atom is -0.374 e. The number of hydrogen-bond donors (Lipinski definition) is 3. The van der Waals surface area contributed by atoms with Gasteiger partial charge < -0.3 is 21.1 Å². The van der Waals surface area contributed by atoms with Crippen molar-refractivity contribution in [1.82, 2.24) is 10.6 Å². The van der Waals surface area contributed by atoms with Gasteiger partial charge in [0, 0.05) is 13.1 Å². The molecule has 2 atom stereocenters. The van der Waals surface area contributed by atoms with E-state index in [9.17, 15) is 4.79 Å².